The molecule has 1 aromatic rings. The van der Waals surface area contributed by atoms with Crippen molar-refractivity contribution >= 4 is 34.8 Å². The van der Waals surface area contributed by atoms with Gasteiger partial charge in [0, 0.05) is 5.56 Å². The number of rotatable bonds is 0. The molecule has 0 heterocycles. The third-order valence-electron chi connectivity index (χ3n) is 2.49. The number of allylic oxidation sites excluding steroid dienone is 2. The Kier molecular flexibility index (Phi) is 2.92. The molecule has 0 aliphatic heterocycles. The highest BCUT2D eigenvalue weighted by Gasteiger charge is 2.34. The number of benzene rings is 1. The van der Waals surface area contributed by atoms with Crippen LogP contribution in [0.25, 0.3) is 0 Å². The average molecular weight is 277 g/mol. The van der Waals surface area contributed by atoms with Gasteiger partial charge >= 0.3 is 0 Å². The molecule has 1 aliphatic carbocycles. The average Bonchev–Trinajstić information content (AvgIpc) is 2.36. The first-order valence-corrected chi connectivity index (χ1v) is 5.40. The highest BCUT2D eigenvalue weighted by atomic mass is 35.5. The van der Waals surface area contributed by atoms with Crippen molar-refractivity contribution < 1.29 is 9.59 Å². The Balaban J connectivity index is 2.87. The van der Waals surface area contributed by atoms with E-state index in [0.717, 1.165) is 0 Å². The number of hydrogen-bond acceptors (Lipinski definition) is 4. The third-order valence-corrected chi connectivity index (χ3v) is 3.30. The van der Waals surface area contributed by atoms with E-state index < -0.39 is 22.7 Å². The fourth-order valence-corrected chi connectivity index (χ4v) is 2.07. The van der Waals surface area contributed by atoms with Crippen molar-refractivity contribution in [3.8, 4) is 12.1 Å². The van der Waals surface area contributed by atoms with Crippen LogP contribution in [-0.4, -0.2) is 11.6 Å². The summed E-state index contributed by atoms with van der Waals surface area (Å²) in [4.78, 5) is 23.9. The van der Waals surface area contributed by atoms with Gasteiger partial charge in [0.15, 0.2) is 0 Å². The molecule has 0 radical (unpaired) electrons. The van der Waals surface area contributed by atoms with Gasteiger partial charge in [-0.25, -0.2) is 0 Å². The number of nitrogens with zero attached hydrogens (tertiary/aromatic N) is 2. The molecule has 4 nitrogen and oxygen atoms in total. The lowest BCUT2D eigenvalue weighted by molar-refractivity contribution is 0.0982. The van der Waals surface area contributed by atoms with Gasteiger partial charge in [-0.3, -0.25) is 9.59 Å². The zero-order chi connectivity index (χ0) is 13.4. The SMILES string of the molecule is N#CC1=C(C#N)C(=O)c2c(ccc(Cl)c2Cl)C1=O. The van der Waals surface area contributed by atoms with Crippen molar-refractivity contribution in [2.24, 2.45) is 0 Å². The molecule has 0 amide bonds. The van der Waals surface area contributed by atoms with Gasteiger partial charge in [0.25, 0.3) is 0 Å². The molecule has 0 saturated carbocycles. The summed E-state index contributed by atoms with van der Waals surface area (Å²) in [5.74, 6) is -1.45. The minimum Gasteiger partial charge on any atom is -0.288 e. The molecule has 0 aromatic heterocycles. The third kappa shape index (κ3) is 1.52. The normalized spacial score (nSPS) is 14.0. The largest absolute Gasteiger partial charge is 0.288 e. The number of nitriles is 2. The van der Waals surface area contributed by atoms with E-state index in [2.05, 4.69) is 0 Å². The molecule has 0 N–H and O–H groups in total. The molecule has 0 spiro atoms. The van der Waals surface area contributed by atoms with Crippen molar-refractivity contribution in [2.45, 2.75) is 0 Å². The van der Waals surface area contributed by atoms with Crippen molar-refractivity contribution in [1.29, 1.82) is 10.5 Å². The van der Waals surface area contributed by atoms with E-state index >= 15 is 0 Å². The topological polar surface area (TPSA) is 81.7 Å². The van der Waals surface area contributed by atoms with Crippen LogP contribution in [0.3, 0.4) is 0 Å². The molecule has 0 fully saturated rings. The number of ketones is 2. The van der Waals surface area contributed by atoms with Gasteiger partial charge in [0.05, 0.1) is 15.6 Å². The Hall–Kier alpha value is -2.14. The van der Waals surface area contributed by atoms with Crippen LogP contribution in [0.2, 0.25) is 10.0 Å². The van der Waals surface area contributed by atoms with Gasteiger partial charge < -0.3 is 0 Å². The second-order valence-electron chi connectivity index (χ2n) is 3.42. The van der Waals surface area contributed by atoms with E-state index in [9.17, 15) is 9.59 Å². The summed E-state index contributed by atoms with van der Waals surface area (Å²) in [6.07, 6.45) is 0. The number of hydrogen-bond donors (Lipinski definition) is 0. The number of halogens is 2. The number of Topliss-reactive ketones (excluding diaryl/α,β-unsaturated/α-hetero) is 2. The minimum atomic E-state index is -0.754. The van der Waals surface area contributed by atoms with Gasteiger partial charge in [-0.1, -0.05) is 23.2 Å². The Labute approximate surface area is 112 Å². The van der Waals surface area contributed by atoms with Crippen LogP contribution in [-0.2, 0) is 0 Å². The number of fused-ring (bicyclic) bond motifs is 1. The molecule has 18 heavy (non-hydrogen) atoms. The van der Waals surface area contributed by atoms with Gasteiger partial charge in [-0.05, 0) is 12.1 Å². The molecule has 1 aromatic carbocycles. The van der Waals surface area contributed by atoms with Crippen molar-refractivity contribution in [3.05, 3.63) is 44.5 Å². The van der Waals surface area contributed by atoms with E-state index in [1.165, 1.54) is 12.1 Å². The van der Waals surface area contributed by atoms with E-state index in [4.69, 9.17) is 33.7 Å². The number of carbonyl (C=O) groups is 2. The van der Waals surface area contributed by atoms with E-state index in [1.807, 2.05) is 0 Å². The van der Waals surface area contributed by atoms with Crippen molar-refractivity contribution in [2.75, 3.05) is 0 Å². The van der Waals surface area contributed by atoms with Crippen LogP contribution in [0.15, 0.2) is 23.3 Å². The highest BCUT2D eigenvalue weighted by molar-refractivity contribution is 6.46. The maximum atomic E-state index is 12.0. The summed E-state index contributed by atoms with van der Waals surface area (Å²) in [5, 5.41) is 17.7. The van der Waals surface area contributed by atoms with Gasteiger partial charge in [0.1, 0.15) is 23.3 Å². The molecule has 1 aliphatic rings. The summed E-state index contributed by atoms with van der Waals surface area (Å²) in [6, 6.07) is 5.80. The predicted molar refractivity (Wildman–Crippen MR) is 63.4 cm³/mol. The van der Waals surface area contributed by atoms with Crippen LogP contribution < -0.4 is 0 Å². The second-order valence-corrected chi connectivity index (χ2v) is 4.20. The lowest BCUT2D eigenvalue weighted by atomic mass is 9.85. The Morgan fingerprint density at radius 1 is 0.944 bits per heavy atom. The van der Waals surface area contributed by atoms with Crippen LogP contribution in [0.5, 0.6) is 0 Å². The van der Waals surface area contributed by atoms with Crippen LogP contribution in [0.4, 0.5) is 0 Å². The van der Waals surface area contributed by atoms with Gasteiger partial charge in [-0.15, -0.1) is 0 Å². The maximum absolute atomic E-state index is 12.0. The first-order valence-electron chi connectivity index (χ1n) is 4.64. The Morgan fingerprint density at radius 2 is 1.50 bits per heavy atom. The first kappa shape index (κ1) is 12.3. The molecule has 0 atom stereocenters. The zero-order valence-corrected chi connectivity index (χ0v) is 10.1. The number of carbonyl (C=O) groups excluding carboxylic acids is 2. The monoisotopic (exact) mass is 276 g/mol. The van der Waals surface area contributed by atoms with E-state index in [0.29, 0.717) is 0 Å². The van der Waals surface area contributed by atoms with E-state index in [1.54, 1.807) is 12.1 Å². The van der Waals surface area contributed by atoms with Crippen molar-refractivity contribution in [3.63, 3.8) is 0 Å². The molecule has 0 unspecified atom stereocenters. The maximum Gasteiger partial charge on any atom is 0.207 e. The quantitative estimate of drug-likeness (QED) is 0.730. The molecule has 0 saturated heterocycles. The fraction of sp³-hybridized carbons (Fsp3) is 0. The molecular weight excluding hydrogens is 275 g/mol. The molecule has 6 heteroatoms. The molecule has 0 bridgehead atoms. The predicted octanol–water partition coefficient (Wildman–Crippen LogP) is 2.72. The van der Waals surface area contributed by atoms with Crippen LogP contribution in [0, 0.1) is 22.7 Å². The fourth-order valence-electron chi connectivity index (χ4n) is 1.66. The van der Waals surface area contributed by atoms with Crippen LogP contribution in [0.1, 0.15) is 20.7 Å². The lowest BCUT2D eigenvalue weighted by Crippen LogP contribution is -2.21. The van der Waals surface area contributed by atoms with Crippen LogP contribution >= 0.6 is 23.2 Å². The van der Waals surface area contributed by atoms with E-state index in [-0.39, 0.29) is 21.2 Å². The Bertz CT molecular complexity index is 721. The zero-order valence-electron chi connectivity index (χ0n) is 8.62. The summed E-state index contributed by atoms with van der Waals surface area (Å²) in [5.41, 5.74) is -1.10. The van der Waals surface area contributed by atoms with Gasteiger partial charge in [0.2, 0.25) is 11.6 Å². The summed E-state index contributed by atoms with van der Waals surface area (Å²) in [7, 11) is 0. The standard InChI is InChI=1S/C12H2Cl2N2O2/c13-8-2-1-5-9(10(8)14)12(18)7(4-16)6(3-15)11(5)17/h1-2H. The summed E-state index contributed by atoms with van der Waals surface area (Å²) < 4.78 is 0. The summed E-state index contributed by atoms with van der Waals surface area (Å²) >= 11 is 11.6. The summed E-state index contributed by atoms with van der Waals surface area (Å²) in [6.45, 7) is 0. The highest BCUT2D eigenvalue weighted by Crippen LogP contribution is 2.35. The lowest BCUT2D eigenvalue weighted by Gasteiger charge is -2.15. The second kappa shape index (κ2) is 4.27. The molecule has 2 rings (SSSR count). The molecular formula is C12H2Cl2N2O2. The minimum absolute atomic E-state index is 0.00931. The first-order chi connectivity index (χ1) is 8.52. The smallest absolute Gasteiger partial charge is 0.207 e. The Morgan fingerprint density at radius 3 is 2.06 bits per heavy atom. The van der Waals surface area contributed by atoms with Gasteiger partial charge in [-0.2, -0.15) is 10.5 Å². The molecule has 86 valence electrons. The van der Waals surface area contributed by atoms with Crippen molar-refractivity contribution in [1.82, 2.24) is 0 Å².